The highest BCUT2D eigenvalue weighted by molar-refractivity contribution is 5.45. The number of ether oxygens (including phenoxy) is 2. The number of benzene rings is 1. The van der Waals surface area contributed by atoms with Gasteiger partial charge in [0, 0.05) is 11.3 Å². The van der Waals surface area contributed by atoms with Crippen molar-refractivity contribution < 1.29 is 24.6 Å². The summed E-state index contributed by atoms with van der Waals surface area (Å²) in [5.41, 5.74) is 0.724. The molecule has 1 aliphatic heterocycles. The van der Waals surface area contributed by atoms with Crippen molar-refractivity contribution in [3.63, 3.8) is 0 Å². The van der Waals surface area contributed by atoms with Crippen LogP contribution in [0.25, 0.3) is 0 Å². The maximum atomic E-state index is 11.2. The summed E-state index contributed by atoms with van der Waals surface area (Å²) >= 11 is 0. The quantitative estimate of drug-likeness (QED) is 0.610. The molecule has 2 aliphatic rings. The summed E-state index contributed by atoms with van der Waals surface area (Å²) in [6.07, 6.45) is -1.88. The van der Waals surface area contributed by atoms with E-state index in [2.05, 4.69) is 0 Å². The molecule has 0 spiro atoms. The lowest BCUT2D eigenvalue weighted by Crippen LogP contribution is -2.44. The van der Waals surface area contributed by atoms with Crippen LogP contribution in [0.2, 0.25) is 0 Å². The predicted molar refractivity (Wildman–Crippen MR) is 67.3 cm³/mol. The Hall–Kier alpha value is -1.86. The van der Waals surface area contributed by atoms with Crippen molar-refractivity contribution >= 4 is 0 Å². The van der Waals surface area contributed by atoms with E-state index < -0.39 is 24.2 Å². The zero-order chi connectivity index (χ0) is 14.3. The van der Waals surface area contributed by atoms with Gasteiger partial charge in [-0.25, -0.2) is 0 Å². The number of hydrogen-bond acceptors (Lipinski definition) is 6. The second-order valence-electron chi connectivity index (χ2n) is 5.18. The number of nitro groups is 1. The first-order chi connectivity index (χ1) is 9.56. The molecule has 1 aromatic rings. The predicted octanol–water partition coefficient (Wildman–Crippen LogP) is 0.660. The fraction of sp³-hybridized carbons (Fsp3) is 0.538. The Morgan fingerprint density at radius 3 is 2.60 bits per heavy atom. The molecule has 0 radical (unpaired) electrons. The van der Waals surface area contributed by atoms with Crippen LogP contribution in [-0.2, 0) is 0 Å². The first-order valence-corrected chi connectivity index (χ1v) is 6.45. The summed E-state index contributed by atoms with van der Waals surface area (Å²) in [6.45, 7) is 0.142. The average Bonchev–Trinajstić information content (AvgIpc) is 2.88. The summed E-state index contributed by atoms with van der Waals surface area (Å²) in [6, 6.07) is 4.27. The van der Waals surface area contributed by atoms with E-state index >= 15 is 0 Å². The van der Waals surface area contributed by atoms with Crippen LogP contribution in [0.3, 0.4) is 0 Å². The number of rotatable bonds is 2. The molecule has 20 heavy (non-hydrogen) atoms. The topological polar surface area (TPSA) is 102 Å². The van der Waals surface area contributed by atoms with Gasteiger partial charge in [-0.1, -0.05) is 6.07 Å². The van der Waals surface area contributed by atoms with Crippen molar-refractivity contribution in [2.45, 2.75) is 37.0 Å². The SMILES string of the molecule is O=[N+]([O-])[C@H]1C[C@@H](O)[C@H](O)C[C@H]1c1ccc2c(c1)OCO2. The molecule has 0 saturated heterocycles. The third-order valence-electron chi connectivity index (χ3n) is 3.98. The van der Waals surface area contributed by atoms with Crippen LogP contribution in [0.1, 0.15) is 24.3 Å². The molecular weight excluding hydrogens is 266 g/mol. The minimum Gasteiger partial charge on any atom is -0.454 e. The Morgan fingerprint density at radius 2 is 1.85 bits per heavy atom. The lowest BCUT2D eigenvalue weighted by atomic mass is 9.77. The zero-order valence-electron chi connectivity index (χ0n) is 10.6. The van der Waals surface area contributed by atoms with Crippen LogP contribution in [0.15, 0.2) is 18.2 Å². The van der Waals surface area contributed by atoms with Gasteiger partial charge in [0.1, 0.15) is 0 Å². The molecular formula is C13H15NO6. The van der Waals surface area contributed by atoms with Crippen LogP contribution in [0.5, 0.6) is 11.5 Å². The van der Waals surface area contributed by atoms with Gasteiger partial charge in [-0.05, 0) is 24.1 Å². The van der Waals surface area contributed by atoms with Gasteiger partial charge in [-0.2, -0.15) is 0 Å². The highest BCUT2D eigenvalue weighted by Crippen LogP contribution is 2.40. The van der Waals surface area contributed by atoms with E-state index in [0.717, 1.165) is 5.56 Å². The number of aliphatic hydroxyl groups excluding tert-OH is 2. The Bertz CT molecular complexity index is 534. The number of fused-ring (bicyclic) bond motifs is 1. The van der Waals surface area contributed by atoms with Gasteiger partial charge < -0.3 is 19.7 Å². The van der Waals surface area contributed by atoms with Crippen LogP contribution in [0.4, 0.5) is 0 Å². The van der Waals surface area contributed by atoms with E-state index in [4.69, 9.17) is 9.47 Å². The third-order valence-corrected chi connectivity index (χ3v) is 3.98. The Labute approximate surface area is 114 Å². The fourth-order valence-corrected chi connectivity index (χ4v) is 2.88. The van der Waals surface area contributed by atoms with Crippen molar-refractivity contribution in [1.82, 2.24) is 0 Å². The molecule has 4 atom stereocenters. The minimum absolute atomic E-state index is 0.0483. The smallest absolute Gasteiger partial charge is 0.231 e. The second-order valence-corrected chi connectivity index (χ2v) is 5.18. The van der Waals surface area contributed by atoms with Crippen molar-refractivity contribution in [3.05, 3.63) is 33.9 Å². The first kappa shape index (κ1) is 13.1. The zero-order valence-corrected chi connectivity index (χ0v) is 10.6. The van der Waals surface area contributed by atoms with E-state index in [-0.39, 0.29) is 24.6 Å². The molecule has 1 fully saturated rings. The molecule has 7 heteroatoms. The lowest BCUT2D eigenvalue weighted by Gasteiger charge is -2.32. The molecule has 0 aromatic heterocycles. The largest absolute Gasteiger partial charge is 0.454 e. The summed E-state index contributed by atoms with van der Waals surface area (Å²) in [7, 11) is 0. The van der Waals surface area contributed by atoms with Gasteiger partial charge >= 0.3 is 0 Å². The number of aliphatic hydroxyl groups is 2. The lowest BCUT2D eigenvalue weighted by molar-refractivity contribution is -0.533. The average molecular weight is 281 g/mol. The van der Waals surface area contributed by atoms with Crippen LogP contribution >= 0.6 is 0 Å². The van der Waals surface area contributed by atoms with Crippen LogP contribution in [-0.4, -0.2) is 40.2 Å². The van der Waals surface area contributed by atoms with Crippen LogP contribution < -0.4 is 9.47 Å². The molecule has 0 amide bonds. The molecule has 0 bridgehead atoms. The summed E-state index contributed by atoms with van der Waals surface area (Å²) < 4.78 is 10.5. The van der Waals surface area contributed by atoms with Gasteiger partial charge in [0.05, 0.1) is 18.1 Å². The molecule has 1 aliphatic carbocycles. The highest BCUT2D eigenvalue weighted by Gasteiger charge is 2.43. The maximum absolute atomic E-state index is 11.2. The Balaban J connectivity index is 1.91. The Kier molecular flexibility index (Phi) is 3.23. The van der Waals surface area contributed by atoms with Crippen molar-refractivity contribution in [2.75, 3.05) is 6.79 Å². The maximum Gasteiger partial charge on any atom is 0.231 e. The highest BCUT2D eigenvalue weighted by atomic mass is 16.7. The van der Waals surface area contributed by atoms with E-state index in [1.807, 2.05) is 0 Å². The van der Waals surface area contributed by atoms with Crippen molar-refractivity contribution in [1.29, 1.82) is 0 Å². The van der Waals surface area contributed by atoms with Crippen LogP contribution in [0, 0.1) is 10.1 Å². The van der Waals surface area contributed by atoms with E-state index in [0.29, 0.717) is 11.5 Å². The molecule has 108 valence electrons. The van der Waals surface area contributed by atoms with Gasteiger partial charge in [0.15, 0.2) is 11.5 Å². The van der Waals surface area contributed by atoms with Gasteiger partial charge in [-0.15, -0.1) is 0 Å². The van der Waals surface area contributed by atoms with Gasteiger partial charge in [0.2, 0.25) is 12.8 Å². The van der Waals surface area contributed by atoms with Gasteiger partial charge in [-0.3, -0.25) is 10.1 Å². The summed E-state index contributed by atoms with van der Waals surface area (Å²) in [4.78, 5) is 10.8. The molecule has 2 N–H and O–H groups in total. The second kappa shape index (κ2) is 4.92. The molecule has 1 heterocycles. The number of nitrogens with zero attached hydrogens (tertiary/aromatic N) is 1. The Morgan fingerprint density at radius 1 is 1.15 bits per heavy atom. The van der Waals surface area contributed by atoms with E-state index in [9.17, 15) is 20.3 Å². The molecule has 1 saturated carbocycles. The molecule has 3 rings (SSSR count). The monoisotopic (exact) mass is 281 g/mol. The van der Waals surface area contributed by atoms with Crippen molar-refractivity contribution in [3.8, 4) is 11.5 Å². The third kappa shape index (κ3) is 2.19. The fourth-order valence-electron chi connectivity index (χ4n) is 2.88. The molecule has 0 unspecified atom stereocenters. The summed E-state index contributed by atoms with van der Waals surface area (Å²) in [5.74, 6) is 0.728. The van der Waals surface area contributed by atoms with E-state index in [1.165, 1.54) is 0 Å². The van der Waals surface area contributed by atoms with Crippen molar-refractivity contribution in [2.24, 2.45) is 0 Å². The minimum atomic E-state index is -1.05. The molecule has 7 nitrogen and oxygen atoms in total. The number of hydrogen-bond donors (Lipinski definition) is 2. The first-order valence-electron chi connectivity index (χ1n) is 6.45. The standard InChI is InChI=1S/C13H15NO6/c15-10-4-8(9(14(17)18)5-11(10)16)7-1-2-12-13(3-7)20-6-19-12/h1-3,8-11,15-16H,4-6H2/t8-,9-,10+,11+/m0/s1. The van der Waals surface area contributed by atoms with E-state index in [1.54, 1.807) is 18.2 Å². The van der Waals surface area contributed by atoms with Gasteiger partial charge in [0.25, 0.3) is 0 Å². The molecule has 1 aromatic carbocycles. The normalized spacial score (nSPS) is 32.1. The summed E-state index contributed by atoms with van der Waals surface area (Å²) in [5, 5.41) is 30.6.